The van der Waals surface area contributed by atoms with Crippen LogP contribution in [0.2, 0.25) is 0 Å². The number of carbonyl (C=O) groups is 2. The Morgan fingerprint density at radius 3 is 2.65 bits per heavy atom. The summed E-state index contributed by atoms with van der Waals surface area (Å²) in [6.07, 6.45) is 0.917. The zero-order chi connectivity index (χ0) is 18.7. The summed E-state index contributed by atoms with van der Waals surface area (Å²) in [5, 5.41) is 15.4. The van der Waals surface area contributed by atoms with E-state index in [0.717, 1.165) is 12.0 Å². The number of anilines is 1. The van der Waals surface area contributed by atoms with Gasteiger partial charge in [0.1, 0.15) is 0 Å². The van der Waals surface area contributed by atoms with Gasteiger partial charge >= 0.3 is 0 Å². The van der Waals surface area contributed by atoms with Crippen LogP contribution in [-0.4, -0.2) is 24.0 Å². The minimum atomic E-state index is -0.254. The fraction of sp³-hybridized carbons (Fsp3) is 0.300. The minimum absolute atomic E-state index is 0.00349. The van der Waals surface area contributed by atoms with Crippen LogP contribution in [0.1, 0.15) is 29.3 Å². The highest BCUT2D eigenvalue weighted by Gasteiger charge is 2.39. The van der Waals surface area contributed by atoms with Gasteiger partial charge in [0.15, 0.2) is 11.5 Å². The molecular weight excluding hydrogens is 332 g/mol. The number of phenolic OH excluding ortho intramolecular Hbond substituents is 1. The lowest BCUT2D eigenvalue weighted by molar-refractivity contribution is -0.117. The first kappa shape index (κ1) is 17.8. The molecule has 2 aromatic carbocycles. The van der Waals surface area contributed by atoms with Crippen LogP contribution < -0.4 is 15.4 Å². The second kappa shape index (κ2) is 7.47. The lowest BCUT2D eigenvalue weighted by Gasteiger charge is -2.09. The van der Waals surface area contributed by atoms with E-state index in [1.54, 1.807) is 42.5 Å². The summed E-state index contributed by atoms with van der Waals surface area (Å²) in [5.74, 6) is 0.671. The molecule has 3 rings (SSSR count). The van der Waals surface area contributed by atoms with Crippen molar-refractivity contribution in [1.82, 2.24) is 5.32 Å². The summed E-state index contributed by atoms with van der Waals surface area (Å²) in [4.78, 5) is 24.4. The van der Waals surface area contributed by atoms with Gasteiger partial charge in [0.2, 0.25) is 5.91 Å². The Morgan fingerprint density at radius 2 is 2.00 bits per heavy atom. The van der Waals surface area contributed by atoms with Crippen LogP contribution in [-0.2, 0) is 11.3 Å². The van der Waals surface area contributed by atoms with Gasteiger partial charge in [0, 0.05) is 23.7 Å². The van der Waals surface area contributed by atoms with Crippen molar-refractivity contribution in [2.45, 2.75) is 19.9 Å². The van der Waals surface area contributed by atoms with E-state index in [1.807, 2.05) is 6.92 Å². The molecule has 1 saturated carbocycles. The van der Waals surface area contributed by atoms with Gasteiger partial charge in [0.05, 0.1) is 7.11 Å². The lowest BCUT2D eigenvalue weighted by Crippen LogP contribution is -2.23. The quantitative estimate of drug-likeness (QED) is 0.744. The molecule has 6 nitrogen and oxygen atoms in total. The van der Waals surface area contributed by atoms with Crippen molar-refractivity contribution < 1.29 is 19.4 Å². The molecule has 0 heterocycles. The maximum absolute atomic E-state index is 12.4. The van der Waals surface area contributed by atoms with Crippen molar-refractivity contribution in [2.75, 3.05) is 12.4 Å². The van der Waals surface area contributed by atoms with Gasteiger partial charge in [-0.05, 0) is 48.2 Å². The summed E-state index contributed by atoms with van der Waals surface area (Å²) >= 11 is 0. The Morgan fingerprint density at radius 1 is 1.23 bits per heavy atom. The number of amides is 2. The van der Waals surface area contributed by atoms with E-state index in [0.29, 0.717) is 22.9 Å². The molecule has 0 aliphatic heterocycles. The minimum Gasteiger partial charge on any atom is -0.504 e. The maximum atomic E-state index is 12.4. The molecule has 0 radical (unpaired) electrons. The van der Waals surface area contributed by atoms with E-state index in [1.165, 1.54) is 7.11 Å². The molecule has 0 unspecified atom stereocenters. The zero-order valence-electron chi connectivity index (χ0n) is 14.8. The van der Waals surface area contributed by atoms with Crippen molar-refractivity contribution in [3.05, 3.63) is 53.6 Å². The number of hydrogen-bond donors (Lipinski definition) is 3. The maximum Gasteiger partial charge on any atom is 0.251 e. The molecule has 1 aliphatic carbocycles. The lowest BCUT2D eigenvalue weighted by atomic mass is 10.1. The van der Waals surface area contributed by atoms with Crippen LogP contribution in [0.15, 0.2) is 42.5 Å². The summed E-state index contributed by atoms with van der Waals surface area (Å²) in [6, 6.07) is 11.8. The average molecular weight is 354 g/mol. The number of benzene rings is 2. The van der Waals surface area contributed by atoms with Crippen molar-refractivity contribution >= 4 is 17.5 Å². The van der Waals surface area contributed by atoms with Crippen molar-refractivity contribution in [3.63, 3.8) is 0 Å². The van der Waals surface area contributed by atoms with Crippen LogP contribution in [0.4, 0.5) is 5.69 Å². The second-order valence-electron chi connectivity index (χ2n) is 6.58. The van der Waals surface area contributed by atoms with Crippen LogP contribution in [0.3, 0.4) is 0 Å². The van der Waals surface area contributed by atoms with Gasteiger partial charge in [-0.1, -0.05) is 19.1 Å². The number of hydrogen-bond acceptors (Lipinski definition) is 4. The van der Waals surface area contributed by atoms with Crippen LogP contribution in [0, 0.1) is 11.8 Å². The Hall–Kier alpha value is -3.02. The van der Waals surface area contributed by atoms with E-state index in [2.05, 4.69) is 10.6 Å². The Balaban J connectivity index is 1.60. The number of nitrogens with one attached hydrogen (secondary N) is 2. The number of phenols is 1. The fourth-order valence-electron chi connectivity index (χ4n) is 2.79. The average Bonchev–Trinajstić information content (AvgIpc) is 3.37. The molecule has 0 aromatic heterocycles. The zero-order valence-corrected chi connectivity index (χ0v) is 14.8. The molecule has 0 spiro atoms. The van der Waals surface area contributed by atoms with E-state index in [9.17, 15) is 14.7 Å². The van der Waals surface area contributed by atoms with Crippen molar-refractivity contribution in [3.8, 4) is 11.5 Å². The standard InChI is InChI=1S/C20H22N2O4/c1-12-8-16(12)20(25)22-15-5-3-4-14(10-15)19(24)21-11-13-6-7-18(26-2)17(23)9-13/h3-7,9-10,12,16,23H,8,11H2,1-2H3,(H,21,24)(H,22,25)/t12-,16+/m0/s1. The first-order valence-electron chi connectivity index (χ1n) is 8.53. The number of rotatable bonds is 6. The summed E-state index contributed by atoms with van der Waals surface area (Å²) in [6.45, 7) is 2.32. The van der Waals surface area contributed by atoms with Crippen molar-refractivity contribution in [2.24, 2.45) is 11.8 Å². The Labute approximate surface area is 152 Å². The molecule has 6 heteroatoms. The van der Waals surface area contributed by atoms with Gasteiger partial charge < -0.3 is 20.5 Å². The second-order valence-corrected chi connectivity index (χ2v) is 6.58. The predicted molar refractivity (Wildman–Crippen MR) is 98.2 cm³/mol. The third-order valence-corrected chi connectivity index (χ3v) is 4.53. The van der Waals surface area contributed by atoms with E-state index in [-0.39, 0.29) is 30.0 Å². The number of carbonyl (C=O) groups excluding carboxylic acids is 2. The molecule has 2 amide bonds. The fourth-order valence-corrected chi connectivity index (χ4v) is 2.79. The Kier molecular flexibility index (Phi) is 5.11. The summed E-state index contributed by atoms with van der Waals surface area (Å²) < 4.78 is 5.00. The first-order chi connectivity index (χ1) is 12.5. The summed E-state index contributed by atoms with van der Waals surface area (Å²) in [5.41, 5.74) is 1.83. The molecule has 2 atom stereocenters. The SMILES string of the molecule is COc1ccc(CNC(=O)c2cccc(NC(=O)[C@@H]3C[C@@H]3C)c2)cc1O. The normalized spacial score (nSPS) is 18.1. The monoisotopic (exact) mass is 354 g/mol. The van der Waals surface area contributed by atoms with Crippen molar-refractivity contribution in [1.29, 1.82) is 0 Å². The van der Waals surface area contributed by atoms with E-state index < -0.39 is 0 Å². The highest BCUT2D eigenvalue weighted by atomic mass is 16.5. The van der Waals surface area contributed by atoms with Gasteiger partial charge in [-0.25, -0.2) is 0 Å². The third kappa shape index (κ3) is 4.14. The third-order valence-electron chi connectivity index (χ3n) is 4.53. The molecule has 3 N–H and O–H groups in total. The van der Waals surface area contributed by atoms with Gasteiger partial charge in [-0.2, -0.15) is 0 Å². The van der Waals surface area contributed by atoms with Gasteiger partial charge in [-0.3, -0.25) is 9.59 Å². The van der Waals surface area contributed by atoms with Gasteiger partial charge in [-0.15, -0.1) is 0 Å². The van der Waals surface area contributed by atoms with Crippen LogP contribution in [0.25, 0.3) is 0 Å². The molecule has 0 bridgehead atoms. The van der Waals surface area contributed by atoms with Gasteiger partial charge in [0.25, 0.3) is 5.91 Å². The highest BCUT2D eigenvalue weighted by molar-refractivity contribution is 5.98. The molecule has 2 aromatic rings. The highest BCUT2D eigenvalue weighted by Crippen LogP contribution is 2.38. The number of methoxy groups -OCH3 is 1. The predicted octanol–water partition coefficient (Wildman–Crippen LogP) is 2.93. The molecule has 26 heavy (non-hydrogen) atoms. The number of aromatic hydroxyl groups is 1. The number of ether oxygens (including phenoxy) is 1. The van der Waals surface area contributed by atoms with Crippen LogP contribution >= 0.6 is 0 Å². The van der Waals surface area contributed by atoms with Crippen LogP contribution in [0.5, 0.6) is 11.5 Å². The van der Waals surface area contributed by atoms with E-state index >= 15 is 0 Å². The van der Waals surface area contributed by atoms with E-state index in [4.69, 9.17) is 4.74 Å². The molecule has 1 aliphatic rings. The molecular formula is C20H22N2O4. The molecule has 1 fully saturated rings. The largest absolute Gasteiger partial charge is 0.504 e. The summed E-state index contributed by atoms with van der Waals surface area (Å²) in [7, 11) is 1.48. The smallest absolute Gasteiger partial charge is 0.251 e. The molecule has 136 valence electrons. The Bertz CT molecular complexity index is 834. The topological polar surface area (TPSA) is 87.7 Å². The molecule has 0 saturated heterocycles. The first-order valence-corrected chi connectivity index (χ1v) is 8.53.